The topological polar surface area (TPSA) is 70.1 Å². The summed E-state index contributed by atoms with van der Waals surface area (Å²) >= 11 is 0. The fraction of sp³-hybridized carbons (Fsp3) is 0.857. The highest BCUT2D eigenvalue weighted by Crippen LogP contribution is 2.22. The second-order valence-electron chi connectivity index (χ2n) is 5.89. The van der Waals surface area contributed by atoms with Crippen LogP contribution in [0.1, 0.15) is 39.5 Å². The molecule has 0 spiro atoms. The fourth-order valence-corrected chi connectivity index (χ4v) is 3.18. The Hall–Kier alpha value is -1.30. The molecule has 0 bridgehead atoms. The van der Waals surface area contributed by atoms with Crippen molar-refractivity contribution in [1.82, 2.24) is 9.80 Å². The number of carbonyl (C=O) groups is 2. The van der Waals surface area contributed by atoms with Gasteiger partial charge in [-0.2, -0.15) is 0 Å². The van der Waals surface area contributed by atoms with E-state index < -0.39 is 5.97 Å². The largest absolute Gasteiger partial charge is 0.481 e. The molecule has 2 rings (SSSR count). The Morgan fingerprint density at radius 2 is 1.85 bits per heavy atom. The van der Waals surface area contributed by atoms with Crippen molar-refractivity contribution in [2.24, 2.45) is 0 Å². The molecule has 2 aliphatic heterocycles. The van der Waals surface area contributed by atoms with Crippen LogP contribution in [0.25, 0.3) is 0 Å². The summed E-state index contributed by atoms with van der Waals surface area (Å²) in [6.07, 6.45) is 2.85. The average Bonchev–Trinajstić information content (AvgIpc) is 2.36. The Morgan fingerprint density at radius 1 is 1.20 bits per heavy atom. The lowest BCUT2D eigenvalue weighted by molar-refractivity contribution is -0.138. The minimum atomic E-state index is -0.835. The summed E-state index contributed by atoms with van der Waals surface area (Å²) in [6.45, 7) is 5.75. The van der Waals surface area contributed by atoms with Gasteiger partial charge in [-0.05, 0) is 33.1 Å². The fourth-order valence-electron chi connectivity index (χ4n) is 3.18. The molecule has 0 aliphatic carbocycles. The van der Waals surface area contributed by atoms with Crippen molar-refractivity contribution in [2.45, 2.75) is 57.8 Å². The van der Waals surface area contributed by atoms with Gasteiger partial charge < -0.3 is 19.6 Å². The van der Waals surface area contributed by atoms with Crippen molar-refractivity contribution in [1.29, 1.82) is 0 Å². The van der Waals surface area contributed by atoms with Crippen molar-refractivity contribution in [3.8, 4) is 0 Å². The van der Waals surface area contributed by atoms with Gasteiger partial charge in [0.05, 0.1) is 18.6 Å². The molecular formula is C14H24N2O4. The molecule has 0 radical (unpaired) electrons. The SMILES string of the molecule is C[C@@H]1CN(C(=O)N2CCCCC2CC(=O)O)C[C@H](C)O1. The summed E-state index contributed by atoms with van der Waals surface area (Å²) in [5, 5.41) is 8.99. The molecule has 2 fully saturated rings. The van der Waals surface area contributed by atoms with Gasteiger partial charge in [-0.25, -0.2) is 4.79 Å². The molecule has 0 aromatic carbocycles. The number of amides is 2. The average molecular weight is 284 g/mol. The van der Waals surface area contributed by atoms with E-state index in [1.165, 1.54) is 0 Å². The van der Waals surface area contributed by atoms with E-state index in [-0.39, 0.29) is 30.7 Å². The van der Waals surface area contributed by atoms with Crippen LogP contribution in [0.4, 0.5) is 4.79 Å². The second-order valence-corrected chi connectivity index (χ2v) is 5.89. The summed E-state index contributed by atoms with van der Waals surface area (Å²) in [5.74, 6) is -0.835. The normalized spacial score (nSPS) is 31.2. The van der Waals surface area contributed by atoms with E-state index >= 15 is 0 Å². The van der Waals surface area contributed by atoms with Crippen LogP contribution in [0.5, 0.6) is 0 Å². The number of carbonyl (C=O) groups excluding carboxylic acids is 1. The van der Waals surface area contributed by atoms with Gasteiger partial charge in [-0.3, -0.25) is 4.79 Å². The number of carboxylic acid groups (broad SMARTS) is 1. The van der Waals surface area contributed by atoms with E-state index in [2.05, 4.69) is 0 Å². The smallest absolute Gasteiger partial charge is 0.320 e. The molecule has 0 aromatic rings. The molecule has 1 N–H and O–H groups in total. The maximum absolute atomic E-state index is 12.6. The molecule has 2 amide bonds. The second kappa shape index (κ2) is 6.43. The number of hydrogen-bond donors (Lipinski definition) is 1. The van der Waals surface area contributed by atoms with E-state index in [1.807, 2.05) is 13.8 Å². The minimum absolute atomic E-state index is 0.0297. The molecule has 2 aliphatic rings. The van der Waals surface area contributed by atoms with Gasteiger partial charge in [0.15, 0.2) is 0 Å². The minimum Gasteiger partial charge on any atom is -0.481 e. The first-order valence-electron chi connectivity index (χ1n) is 7.40. The maximum Gasteiger partial charge on any atom is 0.320 e. The number of nitrogens with zero attached hydrogens (tertiary/aromatic N) is 2. The molecule has 0 saturated carbocycles. The number of ether oxygens (including phenoxy) is 1. The zero-order valence-electron chi connectivity index (χ0n) is 12.2. The van der Waals surface area contributed by atoms with Gasteiger partial charge in [-0.1, -0.05) is 0 Å². The Labute approximate surface area is 119 Å². The molecule has 3 atom stereocenters. The molecular weight excluding hydrogens is 260 g/mol. The van der Waals surface area contributed by atoms with Crippen LogP contribution in [0.2, 0.25) is 0 Å². The number of carboxylic acids is 1. The number of piperidine rings is 1. The van der Waals surface area contributed by atoms with Gasteiger partial charge in [0.1, 0.15) is 0 Å². The Kier molecular flexibility index (Phi) is 4.86. The van der Waals surface area contributed by atoms with Crippen molar-refractivity contribution >= 4 is 12.0 Å². The number of hydrogen-bond acceptors (Lipinski definition) is 3. The van der Waals surface area contributed by atoms with E-state index in [0.29, 0.717) is 19.6 Å². The summed E-state index contributed by atoms with van der Waals surface area (Å²) < 4.78 is 5.64. The Balaban J connectivity index is 2.03. The first-order valence-corrected chi connectivity index (χ1v) is 7.40. The van der Waals surface area contributed by atoms with Gasteiger partial charge in [0, 0.05) is 25.7 Å². The standard InChI is InChI=1S/C14H24N2O4/c1-10-8-15(9-11(2)20-10)14(19)16-6-4-3-5-12(16)7-13(17)18/h10-12H,3-9H2,1-2H3,(H,17,18)/t10-,11+,12?. The summed E-state index contributed by atoms with van der Waals surface area (Å²) in [5.41, 5.74) is 0. The summed E-state index contributed by atoms with van der Waals surface area (Å²) in [7, 11) is 0. The first kappa shape index (κ1) is 15.1. The Bertz CT molecular complexity index is 364. The summed E-state index contributed by atoms with van der Waals surface area (Å²) in [4.78, 5) is 27.1. The van der Waals surface area contributed by atoms with Crippen LogP contribution in [-0.4, -0.2) is 64.8 Å². The lowest BCUT2D eigenvalue weighted by atomic mass is 9.99. The highest BCUT2D eigenvalue weighted by Gasteiger charge is 2.34. The number of urea groups is 1. The van der Waals surface area contributed by atoms with Crippen LogP contribution >= 0.6 is 0 Å². The highest BCUT2D eigenvalue weighted by atomic mass is 16.5. The lowest BCUT2D eigenvalue weighted by Gasteiger charge is -2.42. The maximum atomic E-state index is 12.6. The van der Waals surface area contributed by atoms with Crippen LogP contribution in [-0.2, 0) is 9.53 Å². The summed E-state index contributed by atoms with van der Waals surface area (Å²) in [6, 6.07) is -0.194. The van der Waals surface area contributed by atoms with E-state index in [4.69, 9.17) is 9.84 Å². The van der Waals surface area contributed by atoms with Crippen LogP contribution in [0.3, 0.4) is 0 Å². The molecule has 114 valence electrons. The molecule has 20 heavy (non-hydrogen) atoms. The van der Waals surface area contributed by atoms with Crippen LogP contribution in [0.15, 0.2) is 0 Å². The third-order valence-corrected chi connectivity index (χ3v) is 3.97. The van der Waals surface area contributed by atoms with Crippen molar-refractivity contribution in [3.63, 3.8) is 0 Å². The molecule has 6 nitrogen and oxygen atoms in total. The third kappa shape index (κ3) is 3.62. The van der Waals surface area contributed by atoms with E-state index in [0.717, 1.165) is 19.3 Å². The van der Waals surface area contributed by atoms with Crippen molar-refractivity contribution in [2.75, 3.05) is 19.6 Å². The molecule has 2 heterocycles. The predicted molar refractivity (Wildman–Crippen MR) is 73.6 cm³/mol. The Morgan fingerprint density at radius 3 is 2.45 bits per heavy atom. The van der Waals surface area contributed by atoms with E-state index in [1.54, 1.807) is 9.80 Å². The van der Waals surface area contributed by atoms with Gasteiger partial charge in [0.25, 0.3) is 0 Å². The van der Waals surface area contributed by atoms with Crippen LogP contribution < -0.4 is 0 Å². The highest BCUT2D eigenvalue weighted by molar-refractivity contribution is 5.76. The quantitative estimate of drug-likeness (QED) is 0.835. The monoisotopic (exact) mass is 284 g/mol. The number of morpholine rings is 1. The predicted octanol–water partition coefficient (Wildman–Crippen LogP) is 1.54. The van der Waals surface area contributed by atoms with Gasteiger partial charge in [-0.15, -0.1) is 0 Å². The number of likely N-dealkylation sites (tertiary alicyclic amines) is 1. The van der Waals surface area contributed by atoms with Crippen molar-refractivity contribution < 1.29 is 19.4 Å². The van der Waals surface area contributed by atoms with Crippen molar-refractivity contribution in [3.05, 3.63) is 0 Å². The first-order chi connectivity index (χ1) is 9.47. The molecule has 6 heteroatoms. The zero-order chi connectivity index (χ0) is 14.7. The third-order valence-electron chi connectivity index (χ3n) is 3.97. The van der Waals surface area contributed by atoms with Crippen LogP contribution in [0, 0.1) is 0 Å². The van der Waals surface area contributed by atoms with Gasteiger partial charge in [0.2, 0.25) is 0 Å². The number of aliphatic carboxylic acids is 1. The molecule has 2 saturated heterocycles. The molecule has 1 unspecified atom stereocenters. The zero-order valence-corrected chi connectivity index (χ0v) is 12.2. The lowest BCUT2D eigenvalue weighted by Crippen LogP contribution is -2.56. The number of rotatable bonds is 2. The van der Waals surface area contributed by atoms with E-state index in [9.17, 15) is 9.59 Å². The molecule has 0 aromatic heterocycles. The van der Waals surface area contributed by atoms with Gasteiger partial charge >= 0.3 is 12.0 Å².